The van der Waals surface area contributed by atoms with E-state index in [-0.39, 0.29) is 11.9 Å². The molecule has 1 aliphatic carbocycles. The third-order valence-electron chi connectivity index (χ3n) is 4.15. The summed E-state index contributed by atoms with van der Waals surface area (Å²) in [6, 6.07) is 7.28. The molecular weight excluding hydrogens is 225 g/mol. The smallest absolute Gasteiger partial charge is 0.127 e. The quantitative estimate of drug-likeness (QED) is 0.753. The first-order chi connectivity index (χ1) is 8.71. The van der Waals surface area contributed by atoms with E-state index in [2.05, 4.69) is 19.2 Å². The number of hydrogen-bond acceptors (Lipinski definition) is 1. The average molecular weight is 249 g/mol. The van der Waals surface area contributed by atoms with Crippen molar-refractivity contribution in [2.75, 3.05) is 6.54 Å². The van der Waals surface area contributed by atoms with E-state index in [9.17, 15) is 4.39 Å². The number of halogens is 1. The molecule has 1 atom stereocenters. The molecular formula is C16H24FN. The molecule has 0 aliphatic heterocycles. The molecule has 0 amide bonds. The molecule has 0 aromatic heterocycles. The molecule has 100 valence electrons. The molecule has 1 nitrogen and oxygen atoms in total. The van der Waals surface area contributed by atoms with Crippen molar-refractivity contribution in [1.29, 1.82) is 0 Å². The van der Waals surface area contributed by atoms with Crippen LogP contribution in [0.1, 0.15) is 57.6 Å². The molecule has 18 heavy (non-hydrogen) atoms. The summed E-state index contributed by atoms with van der Waals surface area (Å²) in [5.74, 6) is -0.0859. The van der Waals surface area contributed by atoms with Crippen LogP contribution in [0.2, 0.25) is 0 Å². The van der Waals surface area contributed by atoms with Crippen LogP contribution >= 0.6 is 0 Å². The molecule has 1 aromatic rings. The van der Waals surface area contributed by atoms with Crippen LogP contribution in [0.15, 0.2) is 24.3 Å². The zero-order valence-electron chi connectivity index (χ0n) is 11.5. The van der Waals surface area contributed by atoms with Gasteiger partial charge in [-0.25, -0.2) is 4.39 Å². The normalized spacial score (nSPS) is 18.6. The van der Waals surface area contributed by atoms with Gasteiger partial charge in [-0.3, -0.25) is 0 Å². The molecule has 1 unspecified atom stereocenters. The summed E-state index contributed by atoms with van der Waals surface area (Å²) in [6.07, 6.45) is 6.15. The van der Waals surface area contributed by atoms with Gasteiger partial charge in [-0.15, -0.1) is 0 Å². The lowest BCUT2D eigenvalue weighted by Crippen LogP contribution is -2.28. The van der Waals surface area contributed by atoms with Crippen molar-refractivity contribution < 1.29 is 4.39 Å². The molecule has 2 heteroatoms. The maximum absolute atomic E-state index is 13.8. The Morgan fingerprint density at radius 2 is 2.00 bits per heavy atom. The first kappa shape index (κ1) is 13.5. The zero-order chi connectivity index (χ0) is 13.0. The molecule has 0 heterocycles. The Kier molecular flexibility index (Phi) is 4.39. The highest BCUT2D eigenvalue weighted by atomic mass is 19.1. The summed E-state index contributed by atoms with van der Waals surface area (Å²) in [7, 11) is 0. The minimum atomic E-state index is -0.0859. The van der Waals surface area contributed by atoms with Gasteiger partial charge in [0.25, 0.3) is 0 Å². The van der Waals surface area contributed by atoms with Crippen LogP contribution in [0, 0.1) is 11.2 Å². The van der Waals surface area contributed by atoms with E-state index in [1.54, 1.807) is 12.1 Å². The number of benzene rings is 1. The fourth-order valence-corrected chi connectivity index (χ4v) is 2.79. The van der Waals surface area contributed by atoms with Gasteiger partial charge in [-0.1, -0.05) is 38.5 Å². The highest BCUT2D eigenvalue weighted by molar-refractivity contribution is 5.21. The van der Waals surface area contributed by atoms with Crippen molar-refractivity contribution in [2.24, 2.45) is 5.41 Å². The number of rotatable bonds is 7. The third kappa shape index (κ3) is 3.11. The van der Waals surface area contributed by atoms with Gasteiger partial charge in [-0.2, -0.15) is 0 Å². The standard InChI is InChI=1S/C16H24FN/c1-3-9-16(10-11-16)12-18-15(4-2)13-7-5-6-8-14(13)17/h5-8,15,18H,3-4,9-12H2,1-2H3. The van der Waals surface area contributed by atoms with E-state index in [0.717, 1.165) is 18.5 Å². The second-order valence-corrected chi connectivity index (χ2v) is 5.61. The summed E-state index contributed by atoms with van der Waals surface area (Å²) < 4.78 is 13.8. The van der Waals surface area contributed by atoms with Crippen molar-refractivity contribution >= 4 is 0 Å². The molecule has 1 aromatic carbocycles. The van der Waals surface area contributed by atoms with Crippen molar-refractivity contribution in [3.63, 3.8) is 0 Å². The SMILES string of the molecule is CCCC1(CNC(CC)c2ccccc2F)CC1. The van der Waals surface area contributed by atoms with Gasteiger partial charge in [0.05, 0.1) is 0 Å². The molecule has 1 fully saturated rings. The predicted molar refractivity (Wildman–Crippen MR) is 74.0 cm³/mol. The van der Waals surface area contributed by atoms with Crippen LogP contribution in [0.5, 0.6) is 0 Å². The van der Waals surface area contributed by atoms with Gasteiger partial charge in [-0.05, 0) is 37.2 Å². The van der Waals surface area contributed by atoms with Crippen molar-refractivity contribution in [3.8, 4) is 0 Å². The molecule has 1 N–H and O–H groups in total. The zero-order valence-corrected chi connectivity index (χ0v) is 11.5. The lowest BCUT2D eigenvalue weighted by atomic mass is 9.98. The Balaban J connectivity index is 1.96. The third-order valence-corrected chi connectivity index (χ3v) is 4.15. The Morgan fingerprint density at radius 1 is 1.28 bits per heavy atom. The number of nitrogens with one attached hydrogen (secondary N) is 1. The van der Waals surface area contributed by atoms with Gasteiger partial charge in [0.1, 0.15) is 5.82 Å². The Bertz CT molecular complexity index is 384. The Hall–Kier alpha value is -0.890. The molecule has 0 bridgehead atoms. The first-order valence-electron chi connectivity index (χ1n) is 7.18. The summed E-state index contributed by atoms with van der Waals surface area (Å²) in [5.41, 5.74) is 1.33. The van der Waals surface area contributed by atoms with Crippen molar-refractivity contribution in [2.45, 2.75) is 52.0 Å². The fourth-order valence-electron chi connectivity index (χ4n) is 2.79. The topological polar surface area (TPSA) is 12.0 Å². The lowest BCUT2D eigenvalue weighted by Gasteiger charge is -2.22. The summed E-state index contributed by atoms with van der Waals surface area (Å²) in [4.78, 5) is 0. The highest BCUT2D eigenvalue weighted by Gasteiger charge is 2.41. The van der Waals surface area contributed by atoms with E-state index < -0.39 is 0 Å². The van der Waals surface area contributed by atoms with Gasteiger partial charge in [0.2, 0.25) is 0 Å². The summed E-state index contributed by atoms with van der Waals surface area (Å²) in [5, 5.41) is 3.57. The van der Waals surface area contributed by atoms with Crippen LogP contribution < -0.4 is 5.32 Å². The van der Waals surface area contributed by atoms with E-state index in [4.69, 9.17) is 0 Å². The maximum Gasteiger partial charge on any atom is 0.127 e. The van der Waals surface area contributed by atoms with Crippen LogP contribution in [-0.4, -0.2) is 6.54 Å². The first-order valence-corrected chi connectivity index (χ1v) is 7.18. The van der Waals surface area contributed by atoms with E-state index in [1.165, 1.54) is 25.7 Å². The molecule has 2 rings (SSSR count). The van der Waals surface area contributed by atoms with Crippen molar-refractivity contribution in [3.05, 3.63) is 35.6 Å². The molecule has 0 spiro atoms. The monoisotopic (exact) mass is 249 g/mol. The molecule has 0 saturated heterocycles. The minimum Gasteiger partial charge on any atom is -0.309 e. The van der Waals surface area contributed by atoms with Crippen LogP contribution in [-0.2, 0) is 0 Å². The summed E-state index contributed by atoms with van der Waals surface area (Å²) >= 11 is 0. The second-order valence-electron chi connectivity index (χ2n) is 5.61. The summed E-state index contributed by atoms with van der Waals surface area (Å²) in [6.45, 7) is 5.39. The van der Waals surface area contributed by atoms with Crippen LogP contribution in [0.25, 0.3) is 0 Å². The van der Waals surface area contributed by atoms with Gasteiger partial charge >= 0.3 is 0 Å². The van der Waals surface area contributed by atoms with E-state index in [0.29, 0.717) is 5.41 Å². The minimum absolute atomic E-state index is 0.0859. The van der Waals surface area contributed by atoms with Gasteiger partial charge in [0, 0.05) is 18.2 Å². The van der Waals surface area contributed by atoms with Crippen molar-refractivity contribution in [1.82, 2.24) is 5.32 Å². The van der Waals surface area contributed by atoms with Gasteiger partial charge in [0.15, 0.2) is 0 Å². The predicted octanol–water partition coefficient (Wildman–Crippen LogP) is 4.45. The Morgan fingerprint density at radius 3 is 2.56 bits per heavy atom. The van der Waals surface area contributed by atoms with Crippen LogP contribution in [0.3, 0.4) is 0 Å². The Labute approximate surface area is 110 Å². The lowest BCUT2D eigenvalue weighted by molar-refractivity contribution is 0.378. The van der Waals surface area contributed by atoms with Crippen LogP contribution in [0.4, 0.5) is 4.39 Å². The van der Waals surface area contributed by atoms with E-state index in [1.807, 2.05) is 12.1 Å². The molecule has 1 saturated carbocycles. The van der Waals surface area contributed by atoms with E-state index >= 15 is 0 Å². The average Bonchev–Trinajstić information content (AvgIpc) is 3.13. The fraction of sp³-hybridized carbons (Fsp3) is 0.625. The largest absolute Gasteiger partial charge is 0.309 e. The number of hydrogen-bond donors (Lipinski definition) is 1. The molecule has 0 radical (unpaired) electrons. The molecule has 1 aliphatic rings. The highest BCUT2D eigenvalue weighted by Crippen LogP contribution is 2.49. The maximum atomic E-state index is 13.8. The second kappa shape index (κ2) is 5.83. The van der Waals surface area contributed by atoms with Gasteiger partial charge < -0.3 is 5.32 Å².